The van der Waals surface area contributed by atoms with Crippen molar-refractivity contribution in [2.75, 3.05) is 19.1 Å². The maximum atomic E-state index is 12.8. The molecule has 4 nitrogen and oxygen atoms in total. The van der Waals surface area contributed by atoms with Crippen LogP contribution in [0.4, 0.5) is 0 Å². The summed E-state index contributed by atoms with van der Waals surface area (Å²) in [5, 5.41) is 5.28. The third-order valence-electron chi connectivity index (χ3n) is 3.83. The zero-order valence-corrected chi connectivity index (χ0v) is 15.3. The highest BCUT2D eigenvalue weighted by Crippen LogP contribution is 2.28. The first kappa shape index (κ1) is 17.3. The zero-order valence-electron chi connectivity index (χ0n) is 12.8. The summed E-state index contributed by atoms with van der Waals surface area (Å²) in [7, 11) is -1.69. The Morgan fingerprint density at radius 1 is 1.52 bits per heavy atom. The van der Waals surface area contributed by atoms with Crippen LogP contribution in [0.5, 0.6) is 0 Å². The maximum Gasteiger partial charge on any atom is 0.244 e. The van der Waals surface area contributed by atoms with Crippen molar-refractivity contribution in [1.82, 2.24) is 9.62 Å². The second-order valence-electron chi connectivity index (χ2n) is 5.40. The third kappa shape index (κ3) is 4.22. The number of nitrogens with one attached hydrogen (secondary N) is 1. The van der Waals surface area contributed by atoms with Gasteiger partial charge < -0.3 is 5.32 Å². The van der Waals surface area contributed by atoms with Gasteiger partial charge in [-0.2, -0.15) is 16.1 Å². The van der Waals surface area contributed by atoms with Gasteiger partial charge in [0.1, 0.15) is 0 Å². The molecule has 7 heteroatoms. The van der Waals surface area contributed by atoms with Crippen LogP contribution in [-0.2, 0) is 16.6 Å². The van der Waals surface area contributed by atoms with Crippen LogP contribution < -0.4 is 5.32 Å². The number of rotatable bonds is 9. The molecule has 0 saturated heterocycles. The summed E-state index contributed by atoms with van der Waals surface area (Å²) in [6.07, 6.45) is 5.26. The summed E-state index contributed by atoms with van der Waals surface area (Å²) in [6.45, 7) is 2.69. The lowest BCUT2D eigenvalue weighted by Gasteiger charge is -2.26. The first-order valence-electron chi connectivity index (χ1n) is 7.27. The fraction of sp³-hybridized carbons (Fsp3) is 0.714. The smallest absolute Gasteiger partial charge is 0.244 e. The molecule has 1 N–H and O–H groups in total. The Bertz CT molecular complexity index is 552. The lowest BCUT2D eigenvalue weighted by molar-refractivity contribution is 0.385. The van der Waals surface area contributed by atoms with Crippen LogP contribution >= 0.6 is 23.1 Å². The molecule has 2 rings (SSSR count). The molecule has 0 amide bonds. The first-order chi connectivity index (χ1) is 10.0. The lowest BCUT2D eigenvalue weighted by Crippen LogP contribution is -2.38. The molecule has 1 aliphatic rings. The van der Waals surface area contributed by atoms with Crippen LogP contribution in [0, 0.1) is 0 Å². The number of sulfonamides is 1. The minimum atomic E-state index is -3.40. The molecule has 0 bridgehead atoms. The number of hydrogen-bond acceptors (Lipinski definition) is 5. The Labute approximate surface area is 136 Å². The molecule has 1 heterocycles. The highest BCUT2D eigenvalue weighted by molar-refractivity contribution is 7.98. The van der Waals surface area contributed by atoms with E-state index >= 15 is 0 Å². The predicted molar refractivity (Wildman–Crippen MR) is 91.6 cm³/mol. The summed E-state index contributed by atoms with van der Waals surface area (Å²) >= 11 is 3.21. The molecule has 1 atom stereocenters. The quantitative estimate of drug-likeness (QED) is 0.745. The normalized spacial score (nSPS) is 17.3. The molecule has 0 aromatic carbocycles. The molecule has 1 saturated carbocycles. The molecule has 0 spiro atoms. The van der Waals surface area contributed by atoms with Crippen LogP contribution in [0.1, 0.15) is 31.1 Å². The Morgan fingerprint density at radius 3 is 2.81 bits per heavy atom. The van der Waals surface area contributed by atoms with Crippen molar-refractivity contribution < 1.29 is 8.42 Å². The largest absolute Gasteiger partial charge is 0.309 e. The number of thiophene rings is 1. The van der Waals surface area contributed by atoms with Gasteiger partial charge in [-0.1, -0.05) is 6.92 Å². The van der Waals surface area contributed by atoms with Crippen molar-refractivity contribution in [1.29, 1.82) is 0 Å². The van der Waals surface area contributed by atoms with E-state index < -0.39 is 10.0 Å². The fourth-order valence-corrected chi connectivity index (χ4v) is 5.97. The van der Waals surface area contributed by atoms with E-state index in [1.165, 1.54) is 24.2 Å². The van der Waals surface area contributed by atoms with Crippen molar-refractivity contribution in [2.24, 2.45) is 0 Å². The van der Waals surface area contributed by atoms with E-state index in [1.54, 1.807) is 29.2 Å². The van der Waals surface area contributed by atoms with Crippen LogP contribution in [0.25, 0.3) is 0 Å². The van der Waals surface area contributed by atoms with E-state index in [2.05, 4.69) is 5.32 Å². The van der Waals surface area contributed by atoms with Gasteiger partial charge in [0.05, 0.1) is 4.90 Å². The third-order valence-corrected chi connectivity index (χ3v) is 7.60. The van der Waals surface area contributed by atoms with E-state index in [-0.39, 0.29) is 6.04 Å². The van der Waals surface area contributed by atoms with Gasteiger partial charge >= 0.3 is 0 Å². The van der Waals surface area contributed by atoms with E-state index in [4.69, 9.17) is 0 Å². The molecule has 120 valence electrons. The number of nitrogens with zero attached hydrogens (tertiary/aromatic N) is 1. The molecular weight excluding hydrogens is 324 g/mol. The highest BCUT2D eigenvalue weighted by atomic mass is 32.2. The van der Waals surface area contributed by atoms with Crippen molar-refractivity contribution in [3.8, 4) is 0 Å². The topological polar surface area (TPSA) is 49.4 Å². The second-order valence-corrected chi connectivity index (χ2v) is 9.28. The van der Waals surface area contributed by atoms with E-state index in [9.17, 15) is 8.42 Å². The monoisotopic (exact) mass is 348 g/mol. The Balaban J connectivity index is 2.15. The van der Waals surface area contributed by atoms with E-state index in [0.717, 1.165) is 17.1 Å². The lowest BCUT2D eigenvalue weighted by atomic mass is 10.3. The Morgan fingerprint density at radius 2 is 2.24 bits per heavy atom. The van der Waals surface area contributed by atoms with Crippen molar-refractivity contribution >= 4 is 33.1 Å². The number of thioether (sulfide) groups is 1. The van der Waals surface area contributed by atoms with E-state index in [0.29, 0.717) is 17.5 Å². The first-order valence-corrected chi connectivity index (χ1v) is 11.0. The molecular formula is C14H24N2O2S3. The van der Waals surface area contributed by atoms with Crippen LogP contribution in [0.15, 0.2) is 16.3 Å². The van der Waals surface area contributed by atoms with Gasteiger partial charge in [0.2, 0.25) is 10.0 Å². The Hall–Kier alpha value is -0.0800. The average molecular weight is 349 g/mol. The maximum absolute atomic E-state index is 12.8. The standard InChI is InChI=1S/C14H24N2O2S3/c1-4-12(10-19-3)16(2)21(17,18)14-7-8-20-13(14)9-15-11-5-6-11/h7-8,11-12,15H,4-6,9-10H2,1-3H3. The summed E-state index contributed by atoms with van der Waals surface area (Å²) < 4.78 is 27.2. The predicted octanol–water partition coefficient (Wildman–Crippen LogP) is 2.76. The molecule has 1 aromatic rings. The summed E-state index contributed by atoms with van der Waals surface area (Å²) in [6, 6.07) is 2.38. The summed E-state index contributed by atoms with van der Waals surface area (Å²) in [5.74, 6) is 0.825. The number of hydrogen-bond donors (Lipinski definition) is 1. The van der Waals surface area contributed by atoms with Crippen LogP contribution in [-0.4, -0.2) is 43.9 Å². The summed E-state index contributed by atoms with van der Waals surface area (Å²) in [4.78, 5) is 1.40. The van der Waals surface area contributed by atoms with Gasteiger partial charge in [-0.3, -0.25) is 0 Å². The molecule has 1 fully saturated rings. The second kappa shape index (κ2) is 7.46. The molecule has 1 aliphatic carbocycles. The van der Waals surface area contributed by atoms with Crippen molar-refractivity contribution in [2.45, 2.75) is 49.7 Å². The van der Waals surface area contributed by atoms with Gasteiger partial charge in [-0.05, 0) is 37.0 Å². The fourth-order valence-electron chi connectivity index (χ4n) is 2.24. The zero-order chi connectivity index (χ0) is 15.5. The SMILES string of the molecule is CCC(CSC)N(C)S(=O)(=O)c1ccsc1CNC1CC1. The molecule has 0 aliphatic heterocycles. The van der Waals surface area contributed by atoms with Gasteiger partial charge in [0.25, 0.3) is 0 Å². The average Bonchev–Trinajstić information content (AvgIpc) is 3.17. The van der Waals surface area contributed by atoms with Gasteiger partial charge in [-0.15, -0.1) is 11.3 Å². The summed E-state index contributed by atoms with van der Waals surface area (Å²) in [5.41, 5.74) is 0. The minimum absolute atomic E-state index is 0.0501. The molecule has 0 radical (unpaired) electrons. The van der Waals surface area contributed by atoms with Gasteiger partial charge in [-0.25, -0.2) is 8.42 Å². The molecule has 1 aromatic heterocycles. The Kier molecular flexibility index (Phi) is 6.14. The van der Waals surface area contributed by atoms with E-state index in [1.807, 2.05) is 18.6 Å². The molecule has 21 heavy (non-hydrogen) atoms. The van der Waals surface area contributed by atoms with Crippen molar-refractivity contribution in [3.63, 3.8) is 0 Å². The van der Waals surface area contributed by atoms with Gasteiger partial charge in [0.15, 0.2) is 0 Å². The van der Waals surface area contributed by atoms with Crippen LogP contribution in [0.2, 0.25) is 0 Å². The molecule has 1 unspecified atom stereocenters. The van der Waals surface area contributed by atoms with Crippen LogP contribution in [0.3, 0.4) is 0 Å². The van der Waals surface area contributed by atoms with Crippen molar-refractivity contribution in [3.05, 3.63) is 16.3 Å². The minimum Gasteiger partial charge on any atom is -0.309 e. The van der Waals surface area contributed by atoms with Gasteiger partial charge in [0, 0.05) is 36.3 Å². The highest BCUT2D eigenvalue weighted by Gasteiger charge is 2.30.